The molecule has 1 atom stereocenters. The molecule has 0 radical (unpaired) electrons. The molecule has 1 nitrogen and oxygen atoms in total. The van der Waals surface area contributed by atoms with E-state index in [1.54, 1.807) is 0 Å². The minimum atomic E-state index is 0.646. The van der Waals surface area contributed by atoms with Crippen molar-refractivity contribution in [1.29, 1.82) is 0 Å². The average Bonchev–Trinajstić information content (AvgIpc) is 2.42. The first-order valence-electron chi connectivity index (χ1n) is 7.50. The van der Waals surface area contributed by atoms with Gasteiger partial charge < -0.3 is 4.74 Å². The standard InChI is InChI=1S/C17H28O/c1-4-6-7-8-9-14-18-17-12-10-16(11-13-17)15(3)5-2/h10-13,15H,4-9,14H2,1-3H3. The van der Waals surface area contributed by atoms with Crippen molar-refractivity contribution in [3.63, 3.8) is 0 Å². The third-order valence-electron chi connectivity index (χ3n) is 3.58. The fraction of sp³-hybridized carbons (Fsp3) is 0.647. The summed E-state index contributed by atoms with van der Waals surface area (Å²) in [7, 11) is 0. The summed E-state index contributed by atoms with van der Waals surface area (Å²) >= 11 is 0. The van der Waals surface area contributed by atoms with Crippen molar-refractivity contribution in [2.45, 2.75) is 65.2 Å². The van der Waals surface area contributed by atoms with E-state index in [9.17, 15) is 0 Å². The monoisotopic (exact) mass is 248 g/mol. The highest BCUT2D eigenvalue weighted by molar-refractivity contribution is 5.29. The van der Waals surface area contributed by atoms with Crippen LogP contribution in [0.25, 0.3) is 0 Å². The summed E-state index contributed by atoms with van der Waals surface area (Å²) in [5.41, 5.74) is 1.41. The molecule has 1 aromatic rings. The lowest BCUT2D eigenvalue weighted by Gasteiger charge is -2.10. The quantitative estimate of drug-likeness (QED) is 0.521. The van der Waals surface area contributed by atoms with Gasteiger partial charge in [-0.25, -0.2) is 0 Å². The Labute approximate surface area is 113 Å². The minimum absolute atomic E-state index is 0.646. The second-order valence-corrected chi connectivity index (χ2v) is 5.14. The molecule has 0 spiro atoms. The van der Waals surface area contributed by atoms with Crippen molar-refractivity contribution < 1.29 is 4.74 Å². The van der Waals surface area contributed by atoms with Crippen LogP contribution in [0.3, 0.4) is 0 Å². The van der Waals surface area contributed by atoms with E-state index in [0.29, 0.717) is 5.92 Å². The van der Waals surface area contributed by atoms with Crippen LogP contribution in [-0.2, 0) is 0 Å². The van der Waals surface area contributed by atoms with Crippen molar-refractivity contribution in [1.82, 2.24) is 0 Å². The van der Waals surface area contributed by atoms with Gasteiger partial charge in [-0.1, -0.05) is 58.6 Å². The zero-order valence-corrected chi connectivity index (χ0v) is 12.2. The molecule has 18 heavy (non-hydrogen) atoms. The molecule has 0 aliphatic carbocycles. The maximum Gasteiger partial charge on any atom is 0.119 e. The van der Waals surface area contributed by atoms with Gasteiger partial charge in [0.2, 0.25) is 0 Å². The van der Waals surface area contributed by atoms with Crippen LogP contribution in [0.2, 0.25) is 0 Å². The molecule has 0 amide bonds. The topological polar surface area (TPSA) is 9.23 Å². The van der Waals surface area contributed by atoms with Gasteiger partial charge in [-0.2, -0.15) is 0 Å². The summed E-state index contributed by atoms with van der Waals surface area (Å²) in [6, 6.07) is 8.60. The van der Waals surface area contributed by atoms with E-state index in [2.05, 4.69) is 45.0 Å². The third-order valence-corrected chi connectivity index (χ3v) is 3.58. The van der Waals surface area contributed by atoms with E-state index in [4.69, 9.17) is 4.74 Å². The van der Waals surface area contributed by atoms with Crippen LogP contribution >= 0.6 is 0 Å². The van der Waals surface area contributed by atoms with Gasteiger partial charge in [0.25, 0.3) is 0 Å². The zero-order chi connectivity index (χ0) is 13.2. The fourth-order valence-electron chi connectivity index (χ4n) is 2.02. The number of benzene rings is 1. The molecular formula is C17H28O. The Bertz CT molecular complexity index is 302. The first-order chi connectivity index (χ1) is 8.77. The van der Waals surface area contributed by atoms with Crippen LogP contribution in [0.4, 0.5) is 0 Å². The molecule has 0 aromatic heterocycles. The number of rotatable bonds is 9. The van der Waals surface area contributed by atoms with E-state index in [0.717, 1.165) is 12.4 Å². The Morgan fingerprint density at radius 1 is 0.944 bits per heavy atom. The Hall–Kier alpha value is -0.980. The molecule has 1 aromatic carbocycles. The Morgan fingerprint density at radius 3 is 2.22 bits per heavy atom. The van der Waals surface area contributed by atoms with Crippen molar-refractivity contribution in [2.75, 3.05) is 6.61 Å². The molecule has 0 heterocycles. The van der Waals surface area contributed by atoms with Gasteiger partial charge in [0.15, 0.2) is 0 Å². The molecule has 0 fully saturated rings. The van der Waals surface area contributed by atoms with Gasteiger partial charge in [0.05, 0.1) is 6.61 Å². The molecule has 0 aliphatic rings. The second-order valence-electron chi connectivity index (χ2n) is 5.14. The SMILES string of the molecule is CCCCCCCOc1ccc(C(C)CC)cc1. The van der Waals surface area contributed by atoms with Crippen LogP contribution < -0.4 is 4.74 Å². The molecule has 102 valence electrons. The van der Waals surface area contributed by atoms with Gasteiger partial charge in [0.1, 0.15) is 5.75 Å². The van der Waals surface area contributed by atoms with Crippen LogP contribution in [0.5, 0.6) is 5.75 Å². The first-order valence-corrected chi connectivity index (χ1v) is 7.50. The predicted molar refractivity (Wildman–Crippen MR) is 79.4 cm³/mol. The van der Waals surface area contributed by atoms with Gasteiger partial charge >= 0.3 is 0 Å². The number of hydrogen-bond acceptors (Lipinski definition) is 1. The Kier molecular flexibility index (Phi) is 7.55. The van der Waals surface area contributed by atoms with E-state index in [1.165, 1.54) is 44.1 Å². The van der Waals surface area contributed by atoms with E-state index in [1.807, 2.05) is 0 Å². The molecular weight excluding hydrogens is 220 g/mol. The van der Waals surface area contributed by atoms with E-state index >= 15 is 0 Å². The van der Waals surface area contributed by atoms with Crippen LogP contribution in [0, 0.1) is 0 Å². The molecule has 0 bridgehead atoms. The molecule has 1 heteroatoms. The lowest BCUT2D eigenvalue weighted by atomic mass is 9.99. The highest BCUT2D eigenvalue weighted by atomic mass is 16.5. The Balaban J connectivity index is 2.22. The van der Waals surface area contributed by atoms with Crippen molar-refractivity contribution in [3.8, 4) is 5.75 Å². The molecule has 0 N–H and O–H groups in total. The number of ether oxygens (including phenoxy) is 1. The largest absolute Gasteiger partial charge is 0.494 e. The van der Waals surface area contributed by atoms with Crippen LogP contribution in [0.1, 0.15) is 70.8 Å². The average molecular weight is 248 g/mol. The minimum Gasteiger partial charge on any atom is -0.494 e. The molecule has 1 unspecified atom stereocenters. The summed E-state index contributed by atoms with van der Waals surface area (Å²) in [6.45, 7) is 7.59. The number of hydrogen-bond donors (Lipinski definition) is 0. The van der Waals surface area contributed by atoms with E-state index < -0.39 is 0 Å². The van der Waals surface area contributed by atoms with Gasteiger partial charge in [-0.15, -0.1) is 0 Å². The summed E-state index contributed by atoms with van der Waals surface area (Å²) in [4.78, 5) is 0. The smallest absolute Gasteiger partial charge is 0.119 e. The molecule has 0 saturated carbocycles. The maximum atomic E-state index is 5.75. The van der Waals surface area contributed by atoms with Crippen molar-refractivity contribution in [3.05, 3.63) is 29.8 Å². The van der Waals surface area contributed by atoms with E-state index in [-0.39, 0.29) is 0 Å². The fourth-order valence-corrected chi connectivity index (χ4v) is 2.02. The van der Waals surface area contributed by atoms with Crippen LogP contribution in [0.15, 0.2) is 24.3 Å². The predicted octanol–water partition coefficient (Wildman–Crippen LogP) is 5.55. The zero-order valence-electron chi connectivity index (χ0n) is 12.2. The lowest BCUT2D eigenvalue weighted by Crippen LogP contribution is -1.98. The van der Waals surface area contributed by atoms with Crippen molar-refractivity contribution in [2.24, 2.45) is 0 Å². The summed E-state index contributed by atoms with van der Waals surface area (Å²) < 4.78 is 5.75. The Morgan fingerprint density at radius 2 is 1.61 bits per heavy atom. The first kappa shape index (κ1) is 15.1. The summed E-state index contributed by atoms with van der Waals surface area (Å²) in [5, 5.41) is 0. The normalized spacial score (nSPS) is 12.4. The molecule has 1 rings (SSSR count). The third kappa shape index (κ3) is 5.57. The molecule has 0 aliphatic heterocycles. The summed E-state index contributed by atoms with van der Waals surface area (Å²) in [5.74, 6) is 1.66. The van der Waals surface area contributed by atoms with Gasteiger partial charge in [-0.05, 0) is 36.5 Å². The number of unbranched alkanes of at least 4 members (excludes halogenated alkanes) is 4. The van der Waals surface area contributed by atoms with Crippen molar-refractivity contribution >= 4 is 0 Å². The van der Waals surface area contributed by atoms with Gasteiger partial charge in [-0.3, -0.25) is 0 Å². The molecule has 0 saturated heterocycles. The maximum absolute atomic E-state index is 5.75. The van der Waals surface area contributed by atoms with Gasteiger partial charge in [0, 0.05) is 0 Å². The second kappa shape index (κ2) is 9.02. The summed E-state index contributed by atoms with van der Waals surface area (Å²) in [6.07, 6.45) is 7.65. The van der Waals surface area contributed by atoms with Crippen LogP contribution in [-0.4, -0.2) is 6.61 Å². The lowest BCUT2D eigenvalue weighted by molar-refractivity contribution is 0.304. The highest BCUT2D eigenvalue weighted by Crippen LogP contribution is 2.21. The highest BCUT2D eigenvalue weighted by Gasteiger charge is 2.02.